The molecule has 5 heteroatoms. The first kappa shape index (κ1) is 9.79. The molecule has 1 aliphatic rings. The number of aromatic hydroxyl groups is 2. The molecule has 0 amide bonds. The summed E-state index contributed by atoms with van der Waals surface area (Å²) >= 11 is 0. The van der Waals surface area contributed by atoms with E-state index in [0.717, 1.165) is 5.56 Å². The molecule has 1 atom stereocenters. The molecule has 0 saturated carbocycles. The highest BCUT2D eigenvalue weighted by Crippen LogP contribution is 2.33. The van der Waals surface area contributed by atoms with Gasteiger partial charge in [0.15, 0.2) is 11.5 Å². The predicted octanol–water partition coefficient (Wildman–Crippen LogP) is 0.369. The zero-order valence-corrected chi connectivity index (χ0v) is 7.90. The van der Waals surface area contributed by atoms with Crippen molar-refractivity contribution in [2.24, 2.45) is 0 Å². The van der Waals surface area contributed by atoms with Gasteiger partial charge >= 0.3 is 5.97 Å². The molecule has 0 saturated heterocycles. The lowest BCUT2D eigenvalue weighted by atomic mass is 9.94. The van der Waals surface area contributed by atoms with Crippen molar-refractivity contribution >= 4 is 5.97 Å². The van der Waals surface area contributed by atoms with Crippen molar-refractivity contribution in [2.45, 2.75) is 12.5 Å². The van der Waals surface area contributed by atoms with Crippen LogP contribution < -0.4 is 5.32 Å². The zero-order chi connectivity index (χ0) is 11.0. The van der Waals surface area contributed by atoms with Crippen LogP contribution in [0.25, 0.3) is 0 Å². The normalized spacial score (nSPS) is 19.6. The quantitative estimate of drug-likeness (QED) is 0.502. The molecular formula is C10H11NO4. The number of hydrogen-bond acceptors (Lipinski definition) is 4. The Morgan fingerprint density at radius 2 is 2.00 bits per heavy atom. The maximum absolute atomic E-state index is 10.9. The van der Waals surface area contributed by atoms with Crippen LogP contribution in [0.3, 0.4) is 0 Å². The van der Waals surface area contributed by atoms with E-state index in [-0.39, 0.29) is 11.5 Å². The number of aliphatic carboxylic acids is 1. The molecule has 0 aliphatic carbocycles. The number of carboxylic acids is 1. The Labute approximate surface area is 86.0 Å². The molecule has 15 heavy (non-hydrogen) atoms. The number of nitrogens with one attached hydrogen (secondary N) is 1. The number of fused-ring (bicyclic) bond motifs is 1. The number of carbonyl (C=O) groups is 1. The Hall–Kier alpha value is -1.75. The van der Waals surface area contributed by atoms with E-state index in [4.69, 9.17) is 5.11 Å². The molecule has 0 unspecified atom stereocenters. The van der Waals surface area contributed by atoms with E-state index < -0.39 is 12.0 Å². The van der Waals surface area contributed by atoms with Crippen molar-refractivity contribution in [3.63, 3.8) is 0 Å². The van der Waals surface area contributed by atoms with Crippen LogP contribution in [0.4, 0.5) is 0 Å². The van der Waals surface area contributed by atoms with Crippen LogP contribution in [0.1, 0.15) is 17.2 Å². The van der Waals surface area contributed by atoms with Crippen molar-refractivity contribution in [3.05, 3.63) is 23.3 Å². The number of benzene rings is 1. The van der Waals surface area contributed by atoms with Gasteiger partial charge < -0.3 is 20.6 Å². The van der Waals surface area contributed by atoms with Crippen molar-refractivity contribution in [2.75, 3.05) is 6.54 Å². The van der Waals surface area contributed by atoms with Gasteiger partial charge in [-0.05, 0) is 29.7 Å². The third-order valence-corrected chi connectivity index (χ3v) is 2.54. The number of phenols is 2. The molecule has 0 fully saturated rings. The van der Waals surface area contributed by atoms with E-state index in [1.54, 1.807) is 0 Å². The van der Waals surface area contributed by atoms with Crippen LogP contribution in [-0.4, -0.2) is 27.8 Å². The maximum atomic E-state index is 10.9. The lowest BCUT2D eigenvalue weighted by Crippen LogP contribution is -2.34. The number of rotatable bonds is 1. The Bertz CT molecular complexity index is 416. The van der Waals surface area contributed by atoms with Gasteiger partial charge in [0.25, 0.3) is 0 Å². The average molecular weight is 209 g/mol. The summed E-state index contributed by atoms with van der Waals surface area (Å²) in [4.78, 5) is 10.9. The molecule has 5 nitrogen and oxygen atoms in total. The summed E-state index contributed by atoms with van der Waals surface area (Å²) in [5, 5.41) is 30.4. The van der Waals surface area contributed by atoms with Gasteiger partial charge in [-0.1, -0.05) is 0 Å². The van der Waals surface area contributed by atoms with Crippen molar-refractivity contribution in [1.29, 1.82) is 0 Å². The molecule has 0 aromatic heterocycles. The second kappa shape index (κ2) is 3.43. The molecule has 4 N–H and O–H groups in total. The Balaban J connectivity index is 2.51. The molecule has 1 heterocycles. The van der Waals surface area contributed by atoms with E-state index in [1.807, 2.05) is 0 Å². The predicted molar refractivity (Wildman–Crippen MR) is 51.9 cm³/mol. The summed E-state index contributed by atoms with van der Waals surface area (Å²) in [6.45, 7) is 0.550. The van der Waals surface area contributed by atoms with E-state index in [2.05, 4.69) is 5.32 Å². The van der Waals surface area contributed by atoms with Crippen molar-refractivity contribution in [3.8, 4) is 11.5 Å². The van der Waals surface area contributed by atoms with Gasteiger partial charge in [-0.2, -0.15) is 0 Å². The minimum Gasteiger partial charge on any atom is -0.504 e. The largest absolute Gasteiger partial charge is 0.504 e. The topological polar surface area (TPSA) is 89.8 Å². The minimum atomic E-state index is -0.985. The molecule has 1 aromatic rings. The van der Waals surface area contributed by atoms with Crippen LogP contribution in [0.5, 0.6) is 11.5 Å². The first-order valence-electron chi connectivity index (χ1n) is 4.60. The molecule has 80 valence electrons. The average Bonchev–Trinajstić information content (AvgIpc) is 2.18. The van der Waals surface area contributed by atoms with Crippen molar-refractivity contribution < 1.29 is 20.1 Å². The second-order valence-corrected chi connectivity index (χ2v) is 3.52. The summed E-state index contributed by atoms with van der Waals surface area (Å²) in [5.74, 6) is -1.48. The van der Waals surface area contributed by atoms with Crippen LogP contribution in [-0.2, 0) is 11.2 Å². The third-order valence-electron chi connectivity index (χ3n) is 2.54. The van der Waals surface area contributed by atoms with Crippen molar-refractivity contribution in [1.82, 2.24) is 5.32 Å². The van der Waals surface area contributed by atoms with E-state index >= 15 is 0 Å². The van der Waals surface area contributed by atoms with Gasteiger partial charge in [0.05, 0.1) is 0 Å². The smallest absolute Gasteiger partial charge is 0.325 e. The summed E-state index contributed by atoms with van der Waals surface area (Å²) in [6.07, 6.45) is 0.646. The maximum Gasteiger partial charge on any atom is 0.325 e. The minimum absolute atomic E-state index is 0.209. The van der Waals surface area contributed by atoms with Gasteiger partial charge in [-0.25, -0.2) is 0 Å². The molecule has 0 radical (unpaired) electrons. The van der Waals surface area contributed by atoms with Gasteiger partial charge in [-0.15, -0.1) is 0 Å². The molecule has 0 spiro atoms. The SMILES string of the molecule is O=C(O)[C@H]1NCCc2cc(O)c(O)cc21. The summed E-state index contributed by atoms with van der Waals surface area (Å²) in [7, 11) is 0. The highest BCUT2D eigenvalue weighted by atomic mass is 16.4. The van der Waals surface area contributed by atoms with Crippen LogP contribution in [0.15, 0.2) is 12.1 Å². The fourth-order valence-electron chi connectivity index (χ4n) is 1.80. The van der Waals surface area contributed by atoms with E-state index in [1.165, 1.54) is 12.1 Å². The third kappa shape index (κ3) is 1.61. The lowest BCUT2D eigenvalue weighted by molar-refractivity contribution is -0.139. The van der Waals surface area contributed by atoms with Crippen LogP contribution >= 0.6 is 0 Å². The molecule has 2 rings (SSSR count). The van der Waals surface area contributed by atoms with Gasteiger partial charge in [-0.3, -0.25) is 4.79 Å². The molecule has 1 aromatic carbocycles. The first-order chi connectivity index (χ1) is 7.09. The fourth-order valence-corrected chi connectivity index (χ4v) is 1.80. The molecular weight excluding hydrogens is 198 g/mol. The van der Waals surface area contributed by atoms with Gasteiger partial charge in [0.2, 0.25) is 0 Å². The highest BCUT2D eigenvalue weighted by Gasteiger charge is 2.26. The Kier molecular flexibility index (Phi) is 2.24. The fraction of sp³-hybridized carbons (Fsp3) is 0.300. The highest BCUT2D eigenvalue weighted by molar-refractivity contribution is 5.77. The van der Waals surface area contributed by atoms with E-state index in [0.29, 0.717) is 18.5 Å². The monoisotopic (exact) mass is 209 g/mol. The summed E-state index contributed by atoms with van der Waals surface area (Å²) < 4.78 is 0. The van der Waals surface area contributed by atoms with Crippen LogP contribution in [0.2, 0.25) is 0 Å². The Morgan fingerprint density at radius 1 is 1.33 bits per heavy atom. The van der Waals surface area contributed by atoms with Gasteiger partial charge in [0.1, 0.15) is 6.04 Å². The first-order valence-corrected chi connectivity index (χ1v) is 4.60. The second-order valence-electron chi connectivity index (χ2n) is 3.52. The Morgan fingerprint density at radius 3 is 2.67 bits per heavy atom. The van der Waals surface area contributed by atoms with E-state index in [9.17, 15) is 15.0 Å². The number of hydrogen-bond donors (Lipinski definition) is 4. The number of phenolic OH excluding ortho intramolecular Hbond substituents is 2. The van der Waals surface area contributed by atoms with Crippen LogP contribution in [0, 0.1) is 0 Å². The lowest BCUT2D eigenvalue weighted by Gasteiger charge is -2.24. The molecule has 0 bridgehead atoms. The summed E-state index contributed by atoms with van der Waals surface area (Å²) in [6, 6.07) is 1.91. The number of carboxylic acid groups (broad SMARTS) is 1. The van der Waals surface area contributed by atoms with Gasteiger partial charge in [0, 0.05) is 6.54 Å². The zero-order valence-electron chi connectivity index (χ0n) is 7.90. The standard InChI is InChI=1S/C10H11NO4/c12-7-3-5-1-2-11-9(10(14)15)6(5)4-8(7)13/h3-4,9,11-13H,1-2H2,(H,14,15)/t9-/m0/s1. The molecule has 1 aliphatic heterocycles. The summed E-state index contributed by atoms with van der Waals surface area (Å²) in [5.41, 5.74) is 1.28.